The van der Waals surface area contributed by atoms with E-state index < -0.39 is 5.41 Å². The van der Waals surface area contributed by atoms with E-state index in [-0.39, 0.29) is 12.5 Å². The number of fused-ring (bicyclic) bond motifs is 1. The first kappa shape index (κ1) is 17.6. The van der Waals surface area contributed by atoms with Gasteiger partial charge in [-0.1, -0.05) is 20.8 Å². The number of amides is 1. The molecule has 2 rings (SSSR count). The zero-order valence-corrected chi connectivity index (χ0v) is 14.4. The molecule has 1 aliphatic rings. The van der Waals surface area contributed by atoms with Crippen LogP contribution in [0, 0.1) is 5.41 Å². The van der Waals surface area contributed by atoms with Crippen molar-refractivity contribution in [2.24, 2.45) is 5.41 Å². The molecule has 1 heterocycles. The Balaban J connectivity index is 2.08. The minimum absolute atomic E-state index is 0.113. The molecule has 0 spiro atoms. The highest BCUT2D eigenvalue weighted by Gasteiger charge is 2.31. The Labute approximate surface area is 138 Å². The van der Waals surface area contributed by atoms with Crippen molar-refractivity contribution in [3.8, 4) is 5.75 Å². The molecule has 5 heteroatoms. The molecule has 1 aromatic carbocycles. The number of benzene rings is 1. The average molecular weight is 320 g/mol. The second-order valence-electron chi connectivity index (χ2n) is 6.95. The van der Waals surface area contributed by atoms with E-state index in [0.29, 0.717) is 13.2 Å². The van der Waals surface area contributed by atoms with E-state index >= 15 is 0 Å². The molecule has 0 bridgehead atoms. The van der Waals surface area contributed by atoms with E-state index in [1.54, 1.807) is 0 Å². The fraction of sp³-hybridized carbons (Fsp3) is 0.611. The normalized spacial score (nSPS) is 14.2. The van der Waals surface area contributed by atoms with E-state index in [0.717, 1.165) is 42.9 Å². The Bertz CT molecular complexity index is 538. The lowest BCUT2D eigenvalue weighted by atomic mass is 9.94. The number of aliphatic hydroxyl groups is 1. The lowest BCUT2D eigenvalue weighted by Gasteiger charge is -2.34. The molecule has 23 heavy (non-hydrogen) atoms. The number of aliphatic hydroxyl groups excluding tert-OH is 1. The third-order valence-corrected chi connectivity index (χ3v) is 3.87. The molecule has 0 atom stereocenters. The highest BCUT2D eigenvalue weighted by molar-refractivity contribution is 5.99. The molecule has 0 saturated carbocycles. The first-order valence-electron chi connectivity index (χ1n) is 8.37. The van der Waals surface area contributed by atoms with Gasteiger partial charge in [-0.15, -0.1) is 0 Å². The van der Waals surface area contributed by atoms with E-state index in [1.807, 2.05) is 43.9 Å². The molecule has 1 aliphatic heterocycles. The first-order valence-corrected chi connectivity index (χ1v) is 8.37. The summed E-state index contributed by atoms with van der Waals surface area (Å²) >= 11 is 0. The summed E-state index contributed by atoms with van der Waals surface area (Å²) in [6.07, 6.45) is 2.86. The standard InChI is InChI=1S/C18H28N2O3/c1-18(2,3)17(22)20-10-12-23-16-8-7-14(13-15(16)20)19-9-5-4-6-11-21/h7-8,13,19,21H,4-6,9-12H2,1-3H3. The van der Waals surface area contributed by atoms with Crippen molar-refractivity contribution in [1.29, 1.82) is 0 Å². The molecular formula is C18H28N2O3. The topological polar surface area (TPSA) is 61.8 Å². The van der Waals surface area contributed by atoms with Crippen LogP contribution in [-0.4, -0.2) is 37.3 Å². The molecule has 1 aromatic rings. The predicted octanol–water partition coefficient (Wildman–Crippen LogP) is 3.03. The number of hydrogen-bond donors (Lipinski definition) is 2. The third kappa shape index (κ3) is 4.61. The van der Waals surface area contributed by atoms with Gasteiger partial charge in [-0.05, 0) is 37.5 Å². The monoisotopic (exact) mass is 320 g/mol. The lowest BCUT2D eigenvalue weighted by Crippen LogP contribution is -2.44. The van der Waals surface area contributed by atoms with E-state index in [2.05, 4.69) is 5.32 Å². The summed E-state index contributed by atoms with van der Waals surface area (Å²) in [4.78, 5) is 14.5. The van der Waals surface area contributed by atoms with Gasteiger partial charge in [-0.3, -0.25) is 4.79 Å². The quantitative estimate of drug-likeness (QED) is 0.791. The summed E-state index contributed by atoms with van der Waals surface area (Å²) in [7, 11) is 0. The predicted molar refractivity (Wildman–Crippen MR) is 93.2 cm³/mol. The van der Waals surface area contributed by atoms with Crippen LogP contribution in [0.2, 0.25) is 0 Å². The number of rotatable bonds is 6. The molecule has 0 saturated heterocycles. The molecule has 128 valence electrons. The summed E-state index contributed by atoms with van der Waals surface area (Å²) in [5, 5.41) is 12.2. The lowest BCUT2D eigenvalue weighted by molar-refractivity contribution is -0.126. The van der Waals surface area contributed by atoms with Crippen molar-refractivity contribution in [3.63, 3.8) is 0 Å². The number of carbonyl (C=O) groups excluding carboxylic acids is 1. The highest BCUT2D eigenvalue weighted by atomic mass is 16.5. The maximum atomic E-state index is 12.7. The van der Waals surface area contributed by atoms with Crippen molar-refractivity contribution in [2.75, 3.05) is 36.5 Å². The van der Waals surface area contributed by atoms with Crippen LogP contribution in [0.4, 0.5) is 11.4 Å². The maximum absolute atomic E-state index is 12.7. The number of hydrogen-bond acceptors (Lipinski definition) is 4. The molecule has 0 radical (unpaired) electrons. The van der Waals surface area contributed by atoms with Crippen LogP contribution >= 0.6 is 0 Å². The van der Waals surface area contributed by atoms with Crippen molar-refractivity contribution in [3.05, 3.63) is 18.2 Å². The van der Waals surface area contributed by atoms with Gasteiger partial charge >= 0.3 is 0 Å². The number of nitrogens with one attached hydrogen (secondary N) is 1. The summed E-state index contributed by atoms with van der Waals surface area (Å²) < 4.78 is 5.68. The van der Waals surface area contributed by atoms with E-state index in [4.69, 9.17) is 9.84 Å². The molecule has 0 unspecified atom stereocenters. The van der Waals surface area contributed by atoms with Gasteiger partial charge < -0.3 is 20.1 Å². The Hall–Kier alpha value is -1.75. The van der Waals surface area contributed by atoms with Gasteiger partial charge in [0.1, 0.15) is 12.4 Å². The molecule has 0 aromatic heterocycles. The SMILES string of the molecule is CC(C)(C)C(=O)N1CCOc2ccc(NCCCCCO)cc21. The molecule has 5 nitrogen and oxygen atoms in total. The third-order valence-electron chi connectivity index (χ3n) is 3.87. The molecular weight excluding hydrogens is 292 g/mol. The van der Waals surface area contributed by atoms with Crippen LogP contribution in [0.3, 0.4) is 0 Å². The number of ether oxygens (including phenoxy) is 1. The Morgan fingerprint density at radius 1 is 1.30 bits per heavy atom. The van der Waals surface area contributed by atoms with Crippen molar-refractivity contribution in [1.82, 2.24) is 0 Å². The van der Waals surface area contributed by atoms with Gasteiger partial charge in [0.05, 0.1) is 12.2 Å². The second kappa shape index (κ2) is 7.68. The molecule has 2 N–H and O–H groups in total. The summed E-state index contributed by atoms with van der Waals surface area (Å²) in [6, 6.07) is 5.90. The minimum atomic E-state index is -0.414. The molecule has 1 amide bonds. The maximum Gasteiger partial charge on any atom is 0.232 e. The van der Waals surface area contributed by atoms with Crippen LogP contribution < -0.4 is 15.0 Å². The van der Waals surface area contributed by atoms with Gasteiger partial charge in [-0.2, -0.15) is 0 Å². The average Bonchev–Trinajstić information content (AvgIpc) is 2.52. The van der Waals surface area contributed by atoms with Crippen LogP contribution in [-0.2, 0) is 4.79 Å². The van der Waals surface area contributed by atoms with E-state index in [9.17, 15) is 4.79 Å². The molecule has 0 aliphatic carbocycles. The fourth-order valence-corrected chi connectivity index (χ4v) is 2.59. The summed E-state index contributed by atoms with van der Waals surface area (Å²) in [6.45, 7) is 8.04. The van der Waals surface area contributed by atoms with Crippen LogP contribution in [0.25, 0.3) is 0 Å². The van der Waals surface area contributed by atoms with Gasteiger partial charge in [0, 0.05) is 24.3 Å². The van der Waals surface area contributed by atoms with Crippen LogP contribution in [0.5, 0.6) is 5.75 Å². The Kier molecular flexibility index (Phi) is 5.88. The zero-order valence-electron chi connectivity index (χ0n) is 14.4. The zero-order chi connectivity index (χ0) is 16.9. The number of nitrogens with zero attached hydrogens (tertiary/aromatic N) is 1. The summed E-state index contributed by atoms with van der Waals surface area (Å²) in [5.41, 5.74) is 1.42. The van der Waals surface area contributed by atoms with Gasteiger partial charge in [0.2, 0.25) is 5.91 Å². The highest BCUT2D eigenvalue weighted by Crippen LogP contribution is 2.36. The van der Waals surface area contributed by atoms with Crippen molar-refractivity contribution < 1.29 is 14.6 Å². The number of unbranched alkanes of at least 4 members (excludes halogenated alkanes) is 2. The number of carbonyl (C=O) groups is 1. The van der Waals surface area contributed by atoms with Crippen molar-refractivity contribution >= 4 is 17.3 Å². The fourth-order valence-electron chi connectivity index (χ4n) is 2.59. The number of anilines is 2. The first-order chi connectivity index (χ1) is 10.9. The van der Waals surface area contributed by atoms with E-state index in [1.165, 1.54) is 0 Å². The van der Waals surface area contributed by atoms with Gasteiger partial charge in [0.25, 0.3) is 0 Å². The van der Waals surface area contributed by atoms with Crippen LogP contribution in [0.15, 0.2) is 18.2 Å². The summed E-state index contributed by atoms with van der Waals surface area (Å²) in [5.74, 6) is 0.877. The molecule has 0 fully saturated rings. The smallest absolute Gasteiger partial charge is 0.232 e. The largest absolute Gasteiger partial charge is 0.490 e. The van der Waals surface area contributed by atoms with Crippen molar-refractivity contribution in [2.45, 2.75) is 40.0 Å². The van der Waals surface area contributed by atoms with Gasteiger partial charge in [0.15, 0.2) is 0 Å². The Morgan fingerprint density at radius 2 is 2.09 bits per heavy atom. The van der Waals surface area contributed by atoms with Gasteiger partial charge in [-0.25, -0.2) is 0 Å². The Morgan fingerprint density at radius 3 is 2.78 bits per heavy atom. The van der Waals surface area contributed by atoms with Crippen LogP contribution in [0.1, 0.15) is 40.0 Å². The minimum Gasteiger partial charge on any atom is -0.490 e. The second-order valence-corrected chi connectivity index (χ2v) is 6.95.